The highest BCUT2D eigenvalue weighted by Crippen LogP contribution is 2.22. The van der Waals surface area contributed by atoms with Gasteiger partial charge in [-0.3, -0.25) is 4.68 Å². The van der Waals surface area contributed by atoms with Gasteiger partial charge >= 0.3 is 0 Å². The van der Waals surface area contributed by atoms with Gasteiger partial charge in [0.25, 0.3) is 0 Å². The molecule has 0 saturated carbocycles. The first-order valence-electron chi connectivity index (χ1n) is 5.78. The quantitative estimate of drug-likeness (QED) is 0.781. The highest BCUT2D eigenvalue weighted by atomic mass is 19.1. The highest BCUT2D eigenvalue weighted by Gasteiger charge is 2.11. The maximum Gasteiger partial charge on any atom is 0.216 e. The van der Waals surface area contributed by atoms with Crippen LogP contribution in [0.15, 0.2) is 18.3 Å². The number of hydrogen-bond donors (Lipinski definition) is 0. The van der Waals surface area contributed by atoms with E-state index in [4.69, 9.17) is 4.74 Å². The number of ether oxygens (including phenoxy) is 1. The number of pyridine rings is 1. The largest absolute Gasteiger partial charge is 0.383 e. The van der Waals surface area contributed by atoms with E-state index < -0.39 is 5.95 Å². The van der Waals surface area contributed by atoms with Gasteiger partial charge in [0, 0.05) is 23.9 Å². The van der Waals surface area contributed by atoms with Crippen LogP contribution < -0.4 is 0 Å². The molecule has 2 aromatic rings. The Labute approximate surface area is 105 Å². The second kappa shape index (κ2) is 5.27. The van der Waals surface area contributed by atoms with E-state index in [1.54, 1.807) is 26.3 Å². The summed E-state index contributed by atoms with van der Waals surface area (Å²) in [4.78, 5) is 3.95. The fraction of sp³-hybridized carbons (Fsp3) is 0.385. The van der Waals surface area contributed by atoms with E-state index in [2.05, 4.69) is 10.1 Å². The smallest absolute Gasteiger partial charge is 0.216 e. The van der Waals surface area contributed by atoms with Gasteiger partial charge in [-0.15, -0.1) is 0 Å². The van der Waals surface area contributed by atoms with Crippen LogP contribution in [-0.4, -0.2) is 28.5 Å². The van der Waals surface area contributed by atoms with Crippen molar-refractivity contribution in [3.63, 3.8) is 0 Å². The average Bonchev–Trinajstić information content (AvgIpc) is 2.72. The zero-order chi connectivity index (χ0) is 13.1. The van der Waals surface area contributed by atoms with Gasteiger partial charge in [0.1, 0.15) is 0 Å². The van der Waals surface area contributed by atoms with Crippen LogP contribution in [0, 0.1) is 19.8 Å². The lowest BCUT2D eigenvalue weighted by Crippen LogP contribution is -2.07. The molecule has 4 nitrogen and oxygen atoms in total. The molecule has 0 saturated heterocycles. The van der Waals surface area contributed by atoms with Crippen LogP contribution in [0.5, 0.6) is 0 Å². The van der Waals surface area contributed by atoms with Crippen LogP contribution >= 0.6 is 0 Å². The average molecular weight is 249 g/mol. The van der Waals surface area contributed by atoms with Crippen molar-refractivity contribution in [1.82, 2.24) is 14.8 Å². The minimum Gasteiger partial charge on any atom is -0.383 e. The molecule has 0 bridgehead atoms. The van der Waals surface area contributed by atoms with Crippen LogP contribution in [0.1, 0.15) is 11.3 Å². The summed E-state index contributed by atoms with van der Waals surface area (Å²) in [6.45, 7) is 4.91. The molecule has 0 aliphatic heterocycles. The molecule has 0 N–H and O–H groups in total. The van der Waals surface area contributed by atoms with Crippen LogP contribution in [0.3, 0.4) is 0 Å². The van der Waals surface area contributed by atoms with Gasteiger partial charge in [-0.25, -0.2) is 4.98 Å². The molecule has 2 rings (SSSR count). The van der Waals surface area contributed by atoms with E-state index in [0.717, 1.165) is 11.3 Å². The van der Waals surface area contributed by atoms with Gasteiger partial charge in [-0.05, 0) is 19.9 Å². The topological polar surface area (TPSA) is 39.9 Å². The monoisotopic (exact) mass is 249 g/mol. The molecule has 18 heavy (non-hydrogen) atoms. The normalized spacial score (nSPS) is 10.9. The van der Waals surface area contributed by atoms with Crippen molar-refractivity contribution in [2.24, 2.45) is 0 Å². The minimum absolute atomic E-state index is 0.434. The van der Waals surface area contributed by atoms with Crippen LogP contribution in [-0.2, 0) is 11.3 Å². The summed E-state index contributed by atoms with van der Waals surface area (Å²) in [6.07, 6.45) is 1.71. The first-order chi connectivity index (χ1) is 8.63. The van der Waals surface area contributed by atoms with Gasteiger partial charge in [-0.1, -0.05) is 6.07 Å². The molecular formula is C13H16FN3O. The highest BCUT2D eigenvalue weighted by molar-refractivity contribution is 5.60. The molecule has 5 heteroatoms. The molecule has 0 aromatic carbocycles. The van der Waals surface area contributed by atoms with Gasteiger partial charge in [0.2, 0.25) is 5.95 Å². The SMILES string of the molecule is COCCn1ncc(-c2ccc(C)c(F)n2)c1C. The molecule has 0 atom stereocenters. The number of nitrogens with zero attached hydrogens (tertiary/aromatic N) is 3. The molecule has 2 heterocycles. The molecule has 96 valence electrons. The summed E-state index contributed by atoms with van der Waals surface area (Å²) in [5.41, 5.74) is 2.97. The zero-order valence-corrected chi connectivity index (χ0v) is 10.8. The number of aryl methyl sites for hydroxylation is 1. The number of aromatic nitrogens is 3. The fourth-order valence-corrected chi connectivity index (χ4v) is 1.76. The van der Waals surface area contributed by atoms with Gasteiger partial charge in [0.05, 0.1) is 25.0 Å². The van der Waals surface area contributed by atoms with Crippen LogP contribution in [0.2, 0.25) is 0 Å². The maximum atomic E-state index is 13.4. The summed E-state index contributed by atoms with van der Waals surface area (Å²) in [6, 6.07) is 3.53. The Balaban J connectivity index is 2.33. The summed E-state index contributed by atoms with van der Waals surface area (Å²) in [5.74, 6) is -0.434. The lowest BCUT2D eigenvalue weighted by atomic mass is 10.1. The molecule has 0 aliphatic rings. The van der Waals surface area contributed by atoms with Crippen molar-refractivity contribution in [1.29, 1.82) is 0 Å². The van der Waals surface area contributed by atoms with E-state index in [9.17, 15) is 4.39 Å². The molecule has 2 aromatic heterocycles. The zero-order valence-electron chi connectivity index (χ0n) is 10.8. The first kappa shape index (κ1) is 12.7. The second-order valence-corrected chi connectivity index (χ2v) is 4.16. The summed E-state index contributed by atoms with van der Waals surface area (Å²) >= 11 is 0. The maximum absolute atomic E-state index is 13.4. The van der Waals surface area contributed by atoms with Crippen molar-refractivity contribution >= 4 is 0 Å². The molecule has 0 radical (unpaired) electrons. The summed E-state index contributed by atoms with van der Waals surface area (Å²) in [7, 11) is 1.65. The Morgan fingerprint density at radius 3 is 2.78 bits per heavy atom. The minimum atomic E-state index is -0.434. The lowest BCUT2D eigenvalue weighted by molar-refractivity contribution is 0.183. The first-order valence-corrected chi connectivity index (χ1v) is 5.78. The number of methoxy groups -OCH3 is 1. The van der Waals surface area contributed by atoms with Crippen LogP contribution in [0.4, 0.5) is 4.39 Å². The fourth-order valence-electron chi connectivity index (χ4n) is 1.76. The molecule has 0 fully saturated rings. The molecule has 0 spiro atoms. The van der Waals surface area contributed by atoms with Gasteiger partial charge in [-0.2, -0.15) is 9.49 Å². The Kier molecular flexibility index (Phi) is 3.72. The number of hydrogen-bond acceptors (Lipinski definition) is 3. The van der Waals surface area contributed by atoms with Crippen molar-refractivity contribution in [3.05, 3.63) is 35.5 Å². The van der Waals surface area contributed by atoms with E-state index in [1.165, 1.54) is 0 Å². The van der Waals surface area contributed by atoms with E-state index in [-0.39, 0.29) is 0 Å². The van der Waals surface area contributed by atoms with Gasteiger partial charge in [0.15, 0.2) is 0 Å². The standard InChI is InChI=1S/C13H16FN3O/c1-9-4-5-12(16-13(9)14)11-8-15-17(10(11)2)6-7-18-3/h4-5,8H,6-7H2,1-3H3. The Hall–Kier alpha value is -1.75. The third-order valence-electron chi connectivity index (χ3n) is 2.92. The summed E-state index contributed by atoms with van der Waals surface area (Å²) < 4.78 is 20.3. The Morgan fingerprint density at radius 1 is 1.33 bits per heavy atom. The van der Waals surface area contributed by atoms with E-state index in [0.29, 0.717) is 24.4 Å². The van der Waals surface area contributed by atoms with Crippen molar-refractivity contribution < 1.29 is 9.13 Å². The van der Waals surface area contributed by atoms with Crippen molar-refractivity contribution in [3.8, 4) is 11.3 Å². The molecular weight excluding hydrogens is 233 g/mol. The van der Waals surface area contributed by atoms with Crippen LogP contribution in [0.25, 0.3) is 11.3 Å². The lowest BCUT2D eigenvalue weighted by Gasteiger charge is -2.05. The van der Waals surface area contributed by atoms with Crippen molar-refractivity contribution in [2.75, 3.05) is 13.7 Å². The molecule has 0 unspecified atom stereocenters. The second-order valence-electron chi connectivity index (χ2n) is 4.16. The summed E-state index contributed by atoms with van der Waals surface area (Å²) in [5, 5.41) is 4.26. The number of rotatable bonds is 4. The molecule has 0 aliphatic carbocycles. The number of halogens is 1. The van der Waals surface area contributed by atoms with Gasteiger partial charge < -0.3 is 4.74 Å². The van der Waals surface area contributed by atoms with E-state index >= 15 is 0 Å². The van der Waals surface area contributed by atoms with E-state index in [1.807, 2.05) is 17.7 Å². The molecule has 0 amide bonds. The Morgan fingerprint density at radius 2 is 2.11 bits per heavy atom. The predicted molar refractivity (Wildman–Crippen MR) is 66.8 cm³/mol. The predicted octanol–water partition coefficient (Wildman–Crippen LogP) is 2.35. The third kappa shape index (κ3) is 2.41. The Bertz CT molecular complexity index is 551. The third-order valence-corrected chi connectivity index (χ3v) is 2.92. The van der Waals surface area contributed by atoms with Crippen molar-refractivity contribution in [2.45, 2.75) is 20.4 Å².